The summed E-state index contributed by atoms with van der Waals surface area (Å²) in [7, 11) is -2.07. The fourth-order valence-corrected chi connectivity index (χ4v) is 3.64. The fraction of sp³-hybridized carbons (Fsp3) is 0.357. The number of nitrogens with one attached hydrogen (secondary N) is 1. The maximum absolute atomic E-state index is 12.4. The zero-order valence-electron chi connectivity index (χ0n) is 12.4. The Morgan fingerprint density at radius 1 is 1.19 bits per heavy atom. The molecule has 1 heterocycles. The summed E-state index contributed by atoms with van der Waals surface area (Å²) >= 11 is 0. The van der Waals surface area contributed by atoms with E-state index in [2.05, 4.69) is 9.88 Å². The van der Waals surface area contributed by atoms with Gasteiger partial charge in [-0.25, -0.2) is 13.1 Å². The Bertz CT molecular complexity index is 727. The van der Waals surface area contributed by atoms with Crippen molar-refractivity contribution in [2.24, 2.45) is 0 Å². The van der Waals surface area contributed by atoms with Crippen LogP contribution < -0.4 is 9.46 Å². The summed E-state index contributed by atoms with van der Waals surface area (Å²) < 4.78 is 37.5. The smallest absolute Gasteiger partial charge is 0.241 e. The molecule has 1 aromatic heterocycles. The monoisotopic (exact) mass is 310 g/mol. The van der Waals surface area contributed by atoms with E-state index in [0.29, 0.717) is 28.3 Å². The highest BCUT2D eigenvalue weighted by Gasteiger charge is 2.20. The highest BCUT2D eigenvalue weighted by Crippen LogP contribution is 2.25. The highest BCUT2D eigenvalue weighted by molar-refractivity contribution is 7.89. The average molecular weight is 310 g/mol. The van der Waals surface area contributed by atoms with E-state index in [0.717, 1.165) is 0 Å². The summed E-state index contributed by atoms with van der Waals surface area (Å²) in [4.78, 5) is 0.267. The first-order valence-corrected chi connectivity index (χ1v) is 7.89. The van der Waals surface area contributed by atoms with Crippen molar-refractivity contribution in [1.29, 1.82) is 0 Å². The minimum absolute atomic E-state index is 0.0879. The van der Waals surface area contributed by atoms with Gasteiger partial charge in [0.15, 0.2) is 0 Å². The van der Waals surface area contributed by atoms with Crippen LogP contribution in [0.1, 0.15) is 22.6 Å². The SMILES string of the molecule is COc1cc(C)c(S(=O)(=O)NCc2cc(C)on2)c(C)c1. The maximum Gasteiger partial charge on any atom is 0.241 e. The van der Waals surface area contributed by atoms with E-state index in [-0.39, 0.29) is 11.4 Å². The maximum atomic E-state index is 12.4. The molecule has 2 aromatic rings. The molecule has 0 unspecified atom stereocenters. The predicted molar refractivity (Wildman–Crippen MR) is 77.7 cm³/mol. The van der Waals surface area contributed by atoms with Gasteiger partial charge in [0.25, 0.3) is 0 Å². The van der Waals surface area contributed by atoms with E-state index >= 15 is 0 Å². The number of hydrogen-bond donors (Lipinski definition) is 1. The van der Waals surface area contributed by atoms with Gasteiger partial charge >= 0.3 is 0 Å². The first kappa shape index (κ1) is 15.5. The molecule has 7 heteroatoms. The van der Waals surface area contributed by atoms with Crippen LogP contribution in [0.4, 0.5) is 0 Å². The second-order valence-corrected chi connectivity index (χ2v) is 6.55. The van der Waals surface area contributed by atoms with Crippen molar-refractivity contribution < 1.29 is 17.7 Å². The lowest BCUT2D eigenvalue weighted by Gasteiger charge is -2.13. The van der Waals surface area contributed by atoms with Crippen molar-refractivity contribution in [1.82, 2.24) is 9.88 Å². The second kappa shape index (κ2) is 5.87. The van der Waals surface area contributed by atoms with Crippen molar-refractivity contribution >= 4 is 10.0 Å². The Morgan fingerprint density at radius 3 is 2.29 bits per heavy atom. The van der Waals surface area contributed by atoms with Crippen molar-refractivity contribution in [3.8, 4) is 5.75 Å². The number of ether oxygens (including phenoxy) is 1. The van der Waals surface area contributed by atoms with Gasteiger partial charge < -0.3 is 9.26 Å². The largest absolute Gasteiger partial charge is 0.497 e. The number of hydrogen-bond acceptors (Lipinski definition) is 5. The van der Waals surface area contributed by atoms with Crippen molar-refractivity contribution in [3.63, 3.8) is 0 Å². The van der Waals surface area contributed by atoms with Gasteiger partial charge in [-0.2, -0.15) is 0 Å². The molecule has 0 bridgehead atoms. The first-order chi connectivity index (χ1) is 9.83. The molecular formula is C14H18N2O4S. The van der Waals surface area contributed by atoms with Crippen molar-refractivity contribution in [2.75, 3.05) is 7.11 Å². The summed E-state index contributed by atoms with van der Waals surface area (Å²) in [6.45, 7) is 5.32. The Hall–Kier alpha value is -1.86. The van der Waals surface area contributed by atoms with Crippen LogP contribution in [0, 0.1) is 20.8 Å². The molecule has 114 valence electrons. The van der Waals surface area contributed by atoms with Gasteiger partial charge in [-0.1, -0.05) is 5.16 Å². The van der Waals surface area contributed by atoms with Crippen LogP contribution in [0.2, 0.25) is 0 Å². The minimum Gasteiger partial charge on any atom is -0.497 e. The fourth-order valence-electron chi connectivity index (χ4n) is 2.19. The Kier molecular flexibility index (Phi) is 4.34. The van der Waals surface area contributed by atoms with Gasteiger partial charge in [-0.05, 0) is 44.0 Å². The second-order valence-electron chi connectivity index (χ2n) is 4.84. The molecule has 2 rings (SSSR count). The molecule has 0 saturated heterocycles. The van der Waals surface area contributed by atoms with Gasteiger partial charge in [0.1, 0.15) is 11.5 Å². The quantitative estimate of drug-likeness (QED) is 0.914. The van der Waals surface area contributed by atoms with Crippen molar-refractivity contribution in [3.05, 3.63) is 40.8 Å². The van der Waals surface area contributed by atoms with Gasteiger partial charge in [0.05, 0.1) is 24.2 Å². The average Bonchev–Trinajstić information content (AvgIpc) is 2.81. The van der Waals surface area contributed by atoms with E-state index in [1.54, 1.807) is 46.1 Å². The minimum atomic E-state index is -3.62. The number of aryl methyl sites for hydroxylation is 3. The molecule has 0 aliphatic heterocycles. The summed E-state index contributed by atoms with van der Waals surface area (Å²) in [6, 6.07) is 5.08. The van der Waals surface area contributed by atoms with Crippen LogP contribution in [0.3, 0.4) is 0 Å². The van der Waals surface area contributed by atoms with Gasteiger partial charge in [0, 0.05) is 6.07 Å². The Balaban J connectivity index is 2.27. The van der Waals surface area contributed by atoms with Crippen molar-refractivity contribution in [2.45, 2.75) is 32.2 Å². The van der Waals surface area contributed by atoms with E-state index in [1.807, 2.05) is 0 Å². The van der Waals surface area contributed by atoms with Gasteiger partial charge in [0.2, 0.25) is 10.0 Å². The first-order valence-electron chi connectivity index (χ1n) is 6.40. The normalized spacial score (nSPS) is 11.6. The van der Waals surface area contributed by atoms with Crippen LogP contribution in [-0.4, -0.2) is 20.7 Å². The zero-order valence-corrected chi connectivity index (χ0v) is 13.2. The van der Waals surface area contributed by atoms with E-state index in [1.165, 1.54) is 0 Å². The lowest BCUT2D eigenvalue weighted by Crippen LogP contribution is -2.25. The summed E-state index contributed by atoms with van der Waals surface area (Å²) in [5, 5.41) is 3.76. The molecule has 21 heavy (non-hydrogen) atoms. The van der Waals surface area contributed by atoms with E-state index in [4.69, 9.17) is 9.26 Å². The molecule has 0 aliphatic rings. The zero-order chi connectivity index (χ0) is 15.6. The number of sulfonamides is 1. The molecule has 1 N–H and O–H groups in total. The molecule has 0 fully saturated rings. The topological polar surface area (TPSA) is 81.4 Å². The summed E-state index contributed by atoms with van der Waals surface area (Å²) in [5.41, 5.74) is 1.81. The van der Waals surface area contributed by atoms with Crippen LogP contribution in [-0.2, 0) is 16.6 Å². The lowest BCUT2D eigenvalue weighted by molar-refractivity contribution is 0.390. The number of aromatic nitrogens is 1. The molecule has 0 radical (unpaired) electrons. The Labute approximate surface area is 124 Å². The molecule has 0 aliphatic carbocycles. The third kappa shape index (κ3) is 3.43. The summed E-state index contributed by atoms with van der Waals surface area (Å²) in [5.74, 6) is 1.28. The predicted octanol–water partition coefficient (Wildman–Crippen LogP) is 2.09. The number of methoxy groups -OCH3 is 1. The van der Waals surface area contributed by atoms with Crippen LogP contribution >= 0.6 is 0 Å². The Morgan fingerprint density at radius 2 is 1.81 bits per heavy atom. The van der Waals surface area contributed by atoms with E-state index < -0.39 is 10.0 Å². The highest BCUT2D eigenvalue weighted by atomic mass is 32.2. The lowest BCUT2D eigenvalue weighted by atomic mass is 10.1. The molecule has 0 saturated carbocycles. The van der Waals surface area contributed by atoms with E-state index in [9.17, 15) is 8.42 Å². The van der Waals surface area contributed by atoms with Crippen LogP contribution in [0.25, 0.3) is 0 Å². The number of nitrogens with zero attached hydrogens (tertiary/aromatic N) is 1. The van der Waals surface area contributed by atoms with Gasteiger partial charge in [-0.15, -0.1) is 0 Å². The number of rotatable bonds is 5. The summed E-state index contributed by atoms with van der Waals surface area (Å²) in [6.07, 6.45) is 0. The molecule has 0 atom stereocenters. The number of benzene rings is 1. The molecular weight excluding hydrogens is 292 g/mol. The van der Waals surface area contributed by atoms with Gasteiger partial charge in [-0.3, -0.25) is 0 Å². The molecule has 6 nitrogen and oxygen atoms in total. The molecule has 0 spiro atoms. The van der Waals surface area contributed by atoms with Crippen LogP contribution in [0.5, 0.6) is 5.75 Å². The third-order valence-electron chi connectivity index (χ3n) is 3.06. The molecule has 0 amide bonds. The molecule has 1 aromatic carbocycles. The standard InChI is InChI=1S/C14H18N2O4S/c1-9-5-13(19-4)6-10(2)14(9)21(17,18)15-8-12-7-11(3)20-16-12/h5-7,15H,8H2,1-4H3. The van der Waals surface area contributed by atoms with Crippen LogP contribution in [0.15, 0.2) is 27.6 Å². The third-order valence-corrected chi connectivity index (χ3v) is 4.76.